The van der Waals surface area contributed by atoms with Crippen molar-refractivity contribution in [3.8, 4) is 16.9 Å². The number of aliphatic imine (C=N–C) groups is 1. The lowest BCUT2D eigenvalue weighted by Crippen LogP contribution is -2.52. The Morgan fingerprint density at radius 2 is 1.57 bits per heavy atom. The van der Waals surface area contributed by atoms with Crippen molar-refractivity contribution in [2.75, 3.05) is 13.2 Å². The fraction of sp³-hybridized carbons (Fsp3) is 0.450. The van der Waals surface area contributed by atoms with Crippen LogP contribution in [-0.4, -0.2) is 68.3 Å². The van der Waals surface area contributed by atoms with E-state index in [4.69, 9.17) is 15.2 Å². The van der Waals surface area contributed by atoms with Gasteiger partial charge in [0.2, 0.25) is 11.9 Å². The smallest absolute Gasteiger partial charge is 0.407 e. The number of nitrogens with two attached hydrogens (primary N) is 1. The first-order valence-corrected chi connectivity index (χ1v) is 19.7. The summed E-state index contributed by atoms with van der Waals surface area (Å²) in [6, 6.07) is 13.6. The lowest BCUT2D eigenvalue weighted by atomic mass is 9.94. The summed E-state index contributed by atoms with van der Waals surface area (Å²) in [5.41, 5.74) is 12.5. The number of ether oxygens (including phenoxy) is 2. The average molecular weight is 762 g/mol. The van der Waals surface area contributed by atoms with Crippen molar-refractivity contribution >= 4 is 34.0 Å². The number of carbonyl (C=O) groups is 3. The largest absolute Gasteiger partial charge is 0.487 e. The molecule has 0 aromatic heterocycles. The van der Waals surface area contributed by atoms with Crippen LogP contribution in [0.5, 0.6) is 5.75 Å². The number of aliphatic carboxylic acids is 1. The fourth-order valence-electron chi connectivity index (χ4n) is 7.38. The van der Waals surface area contributed by atoms with Crippen LogP contribution >= 0.6 is 0 Å². The minimum atomic E-state index is -4.11. The molecule has 0 bridgehead atoms. The first kappa shape index (κ1) is 40.1. The van der Waals surface area contributed by atoms with Crippen LogP contribution in [0.15, 0.2) is 58.4 Å². The van der Waals surface area contributed by atoms with E-state index in [-0.39, 0.29) is 55.1 Å². The van der Waals surface area contributed by atoms with Gasteiger partial charge in [-0.15, -0.1) is 0 Å². The Morgan fingerprint density at radius 1 is 0.963 bits per heavy atom. The number of guanidine groups is 1. The molecule has 0 unspecified atom stereocenters. The van der Waals surface area contributed by atoms with Gasteiger partial charge in [0.1, 0.15) is 30.0 Å². The van der Waals surface area contributed by atoms with Crippen LogP contribution < -0.4 is 25.8 Å². The van der Waals surface area contributed by atoms with E-state index in [1.165, 1.54) is 0 Å². The molecular formula is C40H51N5O8S. The van der Waals surface area contributed by atoms with Gasteiger partial charge in [-0.25, -0.2) is 22.7 Å². The predicted molar refractivity (Wildman–Crippen MR) is 206 cm³/mol. The SMILES string of the molecule is Cc1c(C)c(S(=O)(=O)NC(N)=NCCC[C@H](NC(=O)[C@H](CC(C)C)NC(=O)OCC2c3ccccc3-c3ccccc32)C(=O)O)c(C)c2c1OC(C)(C)C2. The third-order valence-electron chi connectivity index (χ3n) is 10.0. The first-order chi connectivity index (χ1) is 25.4. The normalized spacial score (nSPS) is 15.7. The predicted octanol–water partition coefficient (Wildman–Crippen LogP) is 5.22. The molecule has 13 nitrogen and oxygen atoms in total. The van der Waals surface area contributed by atoms with Gasteiger partial charge in [0, 0.05) is 24.4 Å². The van der Waals surface area contributed by atoms with Gasteiger partial charge >= 0.3 is 12.1 Å². The molecule has 14 heteroatoms. The van der Waals surface area contributed by atoms with Gasteiger partial charge in [-0.2, -0.15) is 0 Å². The molecule has 3 aromatic carbocycles. The molecule has 6 N–H and O–H groups in total. The standard InChI is InChI=1S/C40H51N5O8S/c1-22(2)19-33(44-39(49)52-21-31-28-15-10-8-13-26(28)27-14-9-11-16-29(27)31)36(46)43-32(37(47)48)17-12-18-42-38(41)45-54(50,51)35-24(4)23(3)34-30(25(35)5)20-40(6,7)53-34/h8-11,13-16,22,31-33H,12,17-21H2,1-7H3,(H,43,46)(H,44,49)(H,47,48)(H3,41,42,45)/t32-,33-/m0/s1. The summed E-state index contributed by atoms with van der Waals surface area (Å²) in [5.74, 6) is -1.74. The summed E-state index contributed by atoms with van der Waals surface area (Å²) in [7, 11) is -4.11. The van der Waals surface area contributed by atoms with Crippen molar-refractivity contribution in [2.24, 2.45) is 16.6 Å². The van der Waals surface area contributed by atoms with E-state index in [1.54, 1.807) is 13.8 Å². The Morgan fingerprint density at radius 3 is 2.17 bits per heavy atom. The first-order valence-electron chi connectivity index (χ1n) is 18.2. The highest BCUT2D eigenvalue weighted by Gasteiger charge is 2.37. The van der Waals surface area contributed by atoms with Crippen molar-refractivity contribution in [3.63, 3.8) is 0 Å². The summed E-state index contributed by atoms with van der Waals surface area (Å²) < 4.78 is 41.1. The van der Waals surface area contributed by atoms with Crippen LogP contribution in [0.25, 0.3) is 11.1 Å². The van der Waals surface area contributed by atoms with Gasteiger partial charge in [-0.3, -0.25) is 9.79 Å². The summed E-state index contributed by atoms with van der Waals surface area (Å²) in [5, 5.41) is 15.1. The van der Waals surface area contributed by atoms with Gasteiger partial charge in [-0.05, 0) is 98.7 Å². The van der Waals surface area contributed by atoms with Crippen LogP contribution in [0.4, 0.5) is 4.79 Å². The third-order valence-corrected chi connectivity index (χ3v) is 11.6. The number of nitrogens with one attached hydrogen (secondary N) is 3. The van der Waals surface area contributed by atoms with E-state index in [9.17, 15) is 27.9 Å². The molecule has 290 valence electrons. The number of sulfonamides is 1. The molecule has 2 atom stereocenters. The zero-order chi connectivity index (χ0) is 39.5. The molecule has 1 aliphatic carbocycles. The molecule has 2 amide bonds. The molecule has 5 rings (SSSR count). The van der Waals surface area contributed by atoms with E-state index in [0.29, 0.717) is 23.3 Å². The molecular weight excluding hydrogens is 711 g/mol. The number of carboxylic acids is 1. The van der Waals surface area contributed by atoms with E-state index in [1.807, 2.05) is 83.1 Å². The van der Waals surface area contributed by atoms with E-state index in [0.717, 1.165) is 33.4 Å². The number of hydrogen-bond acceptors (Lipinski definition) is 8. The van der Waals surface area contributed by atoms with Crippen LogP contribution in [0, 0.1) is 26.7 Å². The van der Waals surface area contributed by atoms with Crippen molar-refractivity contribution in [1.82, 2.24) is 15.4 Å². The number of hydrogen-bond donors (Lipinski definition) is 5. The number of carbonyl (C=O) groups excluding carboxylic acids is 2. The van der Waals surface area contributed by atoms with Crippen LogP contribution in [0.2, 0.25) is 0 Å². The quantitative estimate of drug-likeness (QED) is 0.0831. The Hall–Kier alpha value is -5.11. The van der Waals surface area contributed by atoms with Gasteiger partial charge < -0.3 is 30.9 Å². The zero-order valence-electron chi connectivity index (χ0n) is 31.9. The Bertz CT molecular complexity index is 2030. The number of rotatable bonds is 14. The molecule has 0 spiro atoms. The molecule has 2 aliphatic rings. The minimum Gasteiger partial charge on any atom is -0.487 e. The number of alkyl carbamates (subject to hydrolysis) is 1. The van der Waals surface area contributed by atoms with Crippen LogP contribution in [-0.2, 0) is 30.8 Å². The van der Waals surface area contributed by atoms with E-state index >= 15 is 0 Å². The average Bonchev–Trinajstić information content (AvgIpc) is 3.60. The van der Waals surface area contributed by atoms with E-state index < -0.39 is 45.7 Å². The number of fused-ring (bicyclic) bond motifs is 4. The highest BCUT2D eigenvalue weighted by molar-refractivity contribution is 7.90. The zero-order valence-corrected chi connectivity index (χ0v) is 32.7. The number of carboxylic acid groups (broad SMARTS) is 1. The Labute approximate surface area is 317 Å². The van der Waals surface area contributed by atoms with Crippen molar-refractivity contribution < 1.29 is 37.4 Å². The van der Waals surface area contributed by atoms with Gasteiger partial charge in [0.15, 0.2) is 0 Å². The second-order valence-electron chi connectivity index (χ2n) is 15.1. The Kier molecular flexibility index (Phi) is 11.9. The second kappa shape index (κ2) is 16.1. The maximum atomic E-state index is 13.5. The monoisotopic (exact) mass is 761 g/mol. The highest BCUT2D eigenvalue weighted by Crippen LogP contribution is 2.45. The molecule has 0 saturated carbocycles. The summed E-state index contributed by atoms with van der Waals surface area (Å²) in [6.45, 7) is 13.0. The lowest BCUT2D eigenvalue weighted by Gasteiger charge is -2.23. The van der Waals surface area contributed by atoms with Gasteiger partial charge in [0.05, 0.1) is 4.90 Å². The van der Waals surface area contributed by atoms with Gasteiger partial charge in [0.25, 0.3) is 10.0 Å². The van der Waals surface area contributed by atoms with Crippen LogP contribution in [0.3, 0.4) is 0 Å². The van der Waals surface area contributed by atoms with Gasteiger partial charge in [-0.1, -0.05) is 62.4 Å². The topological polar surface area (TPSA) is 199 Å². The molecule has 1 heterocycles. The maximum Gasteiger partial charge on any atom is 0.407 e. The number of amides is 2. The summed E-state index contributed by atoms with van der Waals surface area (Å²) in [4.78, 5) is 42.8. The second-order valence-corrected chi connectivity index (χ2v) is 16.7. The van der Waals surface area contributed by atoms with Crippen molar-refractivity contribution in [3.05, 3.63) is 81.9 Å². The maximum absolute atomic E-state index is 13.5. The summed E-state index contributed by atoms with van der Waals surface area (Å²) in [6.07, 6.45) is 0.163. The number of benzene rings is 3. The molecule has 0 fully saturated rings. The molecule has 54 heavy (non-hydrogen) atoms. The molecule has 0 saturated heterocycles. The minimum absolute atomic E-state index is 0.00697. The highest BCUT2D eigenvalue weighted by atomic mass is 32.2. The van der Waals surface area contributed by atoms with E-state index in [2.05, 4.69) is 20.3 Å². The molecule has 3 aromatic rings. The van der Waals surface area contributed by atoms with Crippen LogP contribution in [0.1, 0.15) is 86.3 Å². The third kappa shape index (κ3) is 8.81. The molecule has 1 aliphatic heterocycles. The van der Waals surface area contributed by atoms with Crippen molar-refractivity contribution in [2.45, 2.75) is 103 Å². The van der Waals surface area contributed by atoms with Crippen molar-refractivity contribution in [1.29, 1.82) is 0 Å². The fourth-order valence-corrected chi connectivity index (χ4v) is 8.90. The molecule has 0 radical (unpaired) electrons. The summed E-state index contributed by atoms with van der Waals surface area (Å²) >= 11 is 0. The Balaban J connectivity index is 1.16. The number of nitrogens with zero attached hydrogens (tertiary/aromatic N) is 1. The lowest BCUT2D eigenvalue weighted by molar-refractivity contribution is -0.142.